The topological polar surface area (TPSA) is 42.0 Å². The number of nitrogens with one attached hydrogen (secondary N) is 1. The highest BCUT2D eigenvalue weighted by Crippen LogP contribution is 2.25. The third-order valence-electron chi connectivity index (χ3n) is 2.96. The number of amides is 1. The van der Waals surface area contributed by atoms with E-state index in [9.17, 15) is 4.79 Å². The van der Waals surface area contributed by atoms with Crippen LogP contribution < -0.4 is 5.32 Å². The zero-order valence-electron chi connectivity index (χ0n) is 11.2. The number of nitrogens with zero attached hydrogens (tertiary/aromatic N) is 1. The summed E-state index contributed by atoms with van der Waals surface area (Å²) in [6.07, 6.45) is 1.56. The molecule has 0 saturated heterocycles. The Labute approximate surface area is 127 Å². The lowest BCUT2D eigenvalue weighted by atomic mass is 10.1. The van der Waals surface area contributed by atoms with Crippen molar-refractivity contribution in [1.29, 1.82) is 0 Å². The van der Waals surface area contributed by atoms with Gasteiger partial charge in [0.15, 0.2) is 0 Å². The van der Waals surface area contributed by atoms with Gasteiger partial charge in [0, 0.05) is 11.9 Å². The molecule has 0 aliphatic heterocycles. The quantitative estimate of drug-likeness (QED) is 0.924. The summed E-state index contributed by atoms with van der Waals surface area (Å²) in [5.74, 6) is -0.170. The highest BCUT2D eigenvalue weighted by atomic mass is 35.5. The fourth-order valence-corrected chi connectivity index (χ4v) is 2.05. The monoisotopic (exact) mass is 308 g/mol. The molecule has 1 heterocycles. The second-order valence-electron chi connectivity index (χ2n) is 4.56. The normalized spacial score (nSPS) is 12.0. The van der Waals surface area contributed by atoms with Gasteiger partial charge in [-0.1, -0.05) is 29.3 Å². The molecule has 0 spiro atoms. The molecule has 0 saturated carbocycles. The van der Waals surface area contributed by atoms with Crippen LogP contribution >= 0.6 is 23.2 Å². The van der Waals surface area contributed by atoms with E-state index in [-0.39, 0.29) is 11.9 Å². The molecule has 1 aromatic carbocycles. The number of aromatic nitrogens is 1. The number of aryl methyl sites for hydroxylation is 1. The van der Waals surface area contributed by atoms with Crippen molar-refractivity contribution >= 4 is 29.1 Å². The molecule has 1 aromatic heterocycles. The third kappa shape index (κ3) is 3.50. The summed E-state index contributed by atoms with van der Waals surface area (Å²) in [5.41, 5.74) is 2.30. The maximum absolute atomic E-state index is 12.1. The number of hydrogen-bond donors (Lipinski definition) is 1. The van der Waals surface area contributed by atoms with Crippen LogP contribution in [-0.2, 0) is 0 Å². The molecule has 0 aliphatic carbocycles. The molecule has 104 valence electrons. The van der Waals surface area contributed by atoms with Gasteiger partial charge in [0.1, 0.15) is 0 Å². The lowest BCUT2D eigenvalue weighted by Gasteiger charge is -2.15. The van der Waals surface area contributed by atoms with Gasteiger partial charge >= 0.3 is 0 Å². The summed E-state index contributed by atoms with van der Waals surface area (Å²) < 4.78 is 0. The number of carbonyl (C=O) groups is 1. The van der Waals surface area contributed by atoms with Crippen LogP contribution in [0.25, 0.3) is 0 Å². The molecule has 0 radical (unpaired) electrons. The van der Waals surface area contributed by atoms with Crippen LogP contribution in [0.1, 0.15) is 34.6 Å². The lowest BCUT2D eigenvalue weighted by molar-refractivity contribution is 0.0939. The first kappa shape index (κ1) is 14.8. The first-order valence-corrected chi connectivity index (χ1v) is 6.91. The van der Waals surface area contributed by atoms with Gasteiger partial charge < -0.3 is 5.32 Å². The molecule has 0 fully saturated rings. The molecule has 1 amide bonds. The third-order valence-corrected chi connectivity index (χ3v) is 3.70. The van der Waals surface area contributed by atoms with Gasteiger partial charge in [-0.05, 0) is 43.7 Å². The maximum Gasteiger partial charge on any atom is 0.253 e. The Kier molecular flexibility index (Phi) is 4.63. The van der Waals surface area contributed by atoms with E-state index in [1.807, 2.05) is 19.9 Å². The molecule has 2 aromatic rings. The standard InChI is InChI=1S/C15H14Cl2N2O/c1-9-3-4-12(8-18-9)15(20)19-10(2)11-5-6-13(16)14(17)7-11/h3-8,10H,1-2H3,(H,19,20)/t10-/m1/s1. The zero-order chi connectivity index (χ0) is 14.7. The van der Waals surface area contributed by atoms with Crippen molar-refractivity contribution in [3.05, 3.63) is 63.4 Å². The minimum atomic E-state index is -0.170. The average molecular weight is 309 g/mol. The minimum absolute atomic E-state index is 0.168. The van der Waals surface area contributed by atoms with E-state index in [4.69, 9.17) is 23.2 Å². The molecule has 5 heteroatoms. The molecular formula is C15H14Cl2N2O. The Morgan fingerprint density at radius 1 is 1.20 bits per heavy atom. The van der Waals surface area contributed by atoms with Crippen LogP contribution in [0, 0.1) is 6.92 Å². The van der Waals surface area contributed by atoms with Crippen molar-refractivity contribution in [2.75, 3.05) is 0 Å². The van der Waals surface area contributed by atoms with E-state index in [0.29, 0.717) is 15.6 Å². The summed E-state index contributed by atoms with van der Waals surface area (Å²) in [6, 6.07) is 8.70. The van der Waals surface area contributed by atoms with E-state index < -0.39 is 0 Å². The molecule has 1 N–H and O–H groups in total. The first-order chi connectivity index (χ1) is 9.47. The van der Waals surface area contributed by atoms with Crippen LogP contribution in [0.15, 0.2) is 36.5 Å². The first-order valence-electron chi connectivity index (χ1n) is 6.16. The van der Waals surface area contributed by atoms with E-state index in [1.54, 1.807) is 30.5 Å². The molecule has 1 atom stereocenters. The van der Waals surface area contributed by atoms with Gasteiger partial charge in [0.05, 0.1) is 21.7 Å². The van der Waals surface area contributed by atoms with E-state index >= 15 is 0 Å². The van der Waals surface area contributed by atoms with Crippen molar-refractivity contribution < 1.29 is 4.79 Å². The fourth-order valence-electron chi connectivity index (χ4n) is 1.75. The van der Waals surface area contributed by atoms with E-state index in [2.05, 4.69) is 10.3 Å². The fraction of sp³-hybridized carbons (Fsp3) is 0.200. The van der Waals surface area contributed by atoms with Crippen LogP contribution in [0.5, 0.6) is 0 Å². The van der Waals surface area contributed by atoms with E-state index in [1.165, 1.54) is 0 Å². The highest BCUT2D eigenvalue weighted by Gasteiger charge is 2.12. The summed E-state index contributed by atoms with van der Waals surface area (Å²) in [6.45, 7) is 3.76. The average Bonchev–Trinajstić information content (AvgIpc) is 2.42. The predicted molar refractivity (Wildman–Crippen MR) is 81.3 cm³/mol. The smallest absolute Gasteiger partial charge is 0.253 e. The second-order valence-corrected chi connectivity index (χ2v) is 5.37. The molecular weight excluding hydrogens is 295 g/mol. The molecule has 0 unspecified atom stereocenters. The number of pyridine rings is 1. The summed E-state index contributed by atoms with van der Waals surface area (Å²) >= 11 is 11.8. The largest absolute Gasteiger partial charge is 0.345 e. The Morgan fingerprint density at radius 2 is 1.95 bits per heavy atom. The molecule has 2 rings (SSSR count). The minimum Gasteiger partial charge on any atom is -0.345 e. The summed E-state index contributed by atoms with van der Waals surface area (Å²) in [7, 11) is 0. The maximum atomic E-state index is 12.1. The van der Waals surface area contributed by atoms with Gasteiger partial charge in [-0.25, -0.2) is 0 Å². The van der Waals surface area contributed by atoms with Crippen molar-refractivity contribution in [1.82, 2.24) is 10.3 Å². The highest BCUT2D eigenvalue weighted by molar-refractivity contribution is 6.42. The number of hydrogen-bond acceptors (Lipinski definition) is 2. The number of halogens is 2. The molecule has 3 nitrogen and oxygen atoms in total. The molecule has 20 heavy (non-hydrogen) atoms. The van der Waals surface area contributed by atoms with Crippen molar-refractivity contribution in [3.8, 4) is 0 Å². The summed E-state index contributed by atoms with van der Waals surface area (Å²) in [4.78, 5) is 16.2. The van der Waals surface area contributed by atoms with Crippen LogP contribution in [0.3, 0.4) is 0 Å². The van der Waals surface area contributed by atoms with Gasteiger partial charge in [-0.15, -0.1) is 0 Å². The Bertz CT molecular complexity index is 626. The lowest BCUT2D eigenvalue weighted by Crippen LogP contribution is -2.26. The SMILES string of the molecule is Cc1ccc(C(=O)N[C@H](C)c2ccc(Cl)c(Cl)c2)cn1. The van der Waals surface area contributed by atoms with Crippen molar-refractivity contribution in [2.24, 2.45) is 0 Å². The van der Waals surface area contributed by atoms with Gasteiger partial charge in [0.25, 0.3) is 5.91 Å². The zero-order valence-corrected chi connectivity index (χ0v) is 12.7. The Morgan fingerprint density at radius 3 is 2.55 bits per heavy atom. The second kappa shape index (κ2) is 6.25. The van der Waals surface area contributed by atoms with Gasteiger partial charge in [0.2, 0.25) is 0 Å². The van der Waals surface area contributed by atoms with E-state index in [0.717, 1.165) is 11.3 Å². The predicted octanol–water partition coefficient (Wildman–Crippen LogP) is 4.19. The van der Waals surface area contributed by atoms with Gasteiger partial charge in [-0.3, -0.25) is 9.78 Å². The number of benzene rings is 1. The molecule has 0 bridgehead atoms. The molecule has 0 aliphatic rings. The summed E-state index contributed by atoms with van der Waals surface area (Å²) in [5, 5.41) is 3.87. The van der Waals surface area contributed by atoms with Crippen molar-refractivity contribution in [3.63, 3.8) is 0 Å². The van der Waals surface area contributed by atoms with Crippen molar-refractivity contribution in [2.45, 2.75) is 19.9 Å². The Hall–Kier alpha value is -1.58. The van der Waals surface area contributed by atoms with Crippen LogP contribution in [0.2, 0.25) is 10.0 Å². The van der Waals surface area contributed by atoms with Crippen LogP contribution in [0.4, 0.5) is 0 Å². The van der Waals surface area contributed by atoms with Crippen LogP contribution in [-0.4, -0.2) is 10.9 Å². The number of rotatable bonds is 3. The number of carbonyl (C=O) groups excluding carboxylic acids is 1. The Balaban J connectivity index is 2.10. The van der Waals surface area contributed by atoms with Gasteiger partial charge in [-0.2, -0.15) is 0 Å².